The molecule has 1 N–H and O–H groups in total. The van der Waals surface area contributed by atoms with Gasteiger partial charge in [-0.3, -0.25) is 4.79 Å². The monoisotopic (exact) mass is 453 g/mol. The van der Waals surface area contributed by atoms with E-state index in [4.69, 9.17) is 23.2 Å². The Bertz CT molecular complexity index is 1290. The number of benzene rings is 2. The number of tetrazole rings is 1. The molecule has 0 radical (unpaired) electrons. The summed E-state index contributed by atoms with van der Waals surface area (Å²) in [5.41, 5.74) is 3.47. The van der Waals surface area contributed by atoms with Crippen molar-refractivity contribution in [2.45, 2.75) is 25.7 Å². The van der Waals surface area contributed by atoms with Crippen LogP contribution in [-0.4, -0.2) is 35.9 Å². The third kappa shape index (κ3) is 3.80. The molecule has 1 aliphatic rings. The summed E-state index contributed by atoms with van der Waals surface area (Å²) in [6.07, 6.45) is 3.60. The summed E-state index contributed by atoms with van der Waals surface area (Å²) >= 11 is 12.4. The van der Waals surface area contributed by atoms with Crippen LogP contribution >= 0.6 is 23.2 Å². The molecule has 0 bridgehead atoms. The SMILES string of the molecule is Cc1nnnn1-c1cccc(NC(=O)c2cnn(-c3ccc(Cl)cc3Cl)c2C2CC2)c1. The Morgan fingerprint density at radius 3 is 2.68 bits per heavy atom. The fourth-order valence-corrected chi connectivity index (χ4v) is 4.00. The smallest absolute Gasteiger partial charge is 0.259 e. The fourth-order valence-electron chi connectivity index (χ4n) is 3.51. The first kappa shape index (κ1) is 19.7. The molecule has 2 heterocycles. The van der Waals surface area contributed by atoms with Gasteiger partial charge in [-0.15, -0.1) is 5.10 Å². The third-order valence-corrected chi connectivity index (χ3v) is 5.66. The number of carbonyl (C=O) groups is 1. The summed E-state index contributed by atoms with van der Waals surface area (Å²) in [5.74, 6) is 0.689. The number of halogens is 2. The first-order chi connectivity index (χ1) is 15.0. The minimum atomic E-state index is -0.233. The van der Waals surface area contributed by atoms with Crippen molar-refractivity contribution in [1.29, 1.82) is 0 Å². The van der Waals surface area contributed by atoms with Gasteiger partial charge < -0.3 is 5.32 Å². The van der Waals surface area contributed by atoms with Crippen LogP contribution < -0.4 is 5.32 Å². The molecule has 1 amide bonds. The van der Waals surface area contributed by atoms with E-state index in [1.165, 1.54) is 0 Å². The van der Waals surface area contributed by atoms with Gasteiger partial charge in [0.2, 0.25) is 0 Å². The average molecular weight is 454 g/mol. The fraction of sp³-hybridized carbons (Fsp3) is 0.190. The normalized spacial score (nSPS) is 13.4. The van der Waals surface area contributed by atoms with E-state index in [-0.39, 0.29) is 11.8 Å². The topological polar surface area (TPSA) is 90.5 Å². The quantitative estimate of drug-likeness (QED) is 0.476. The van der Waals surface area contributed by atoms with E-state index in [0.717, 1.165) is 24.2 Å². The number of hydrogen-bond donors (Lipinski definition) is 1. The van der Waals surface area contributed by atoms with Crippen molar-refractivity contribution < 1.29 is 4.79 Å². The van der Waals surface area contributed by atoms with E-state index < -0.39 is 0 Å². The van der Waals surface area contributed by atoms with Crippen LogP contribution in [0.25, 0.3) is 11.4 Å². The highest BCUT2D eigenvalue weighted by atomic mass is 35.5. The molecule has 0 spiro atoms. The minimum Gasteiger partial charge on any atom is -0.322 e. The minimum absolute atomic E-state index is 0.233. The number of rotatable bonds is 5. The molecule has 0 atom stereocenters. The summed E-state index contributed by atoms with van der Waals surface area (Å²) in [6.45, 7) is 1.81. The van der Waals surface area contributed by atoms with Crippen molar-refractivity contribution in [3.05, 3.63) is 75.8 Å². The Labute approximate surface area is 187 Å². The zero-order valence-electron chi connectivity index (χ0n) is 16.5. The van der Waals surface area contributed by atoms with Crippen molar-refractivity contribution in [1.82, 2.24) is 30.0 Å². The van der Waals surface area contributed by atoms with Gasteiger partial charge in [0.1, 0.15) is 0 Å². The predicted octanol–water partition coefficient (Wildman–Crippen LogP) is 4.59. The van der Waals surface area contributed by atoms with Gasteiger partial charge in [0.25, 0.3) is 5.91 Å². The van der Waals surface area contributed by atoms with E-state index in [2.05, 4.69) is 25.9 Å². The van der Waals surface area contributed by atoms with Gasteiger partial charge >= 0.3 is 0 Å². The van der Waals surface area contributed by atoms with Gasteiger partial charge in [-0.05, 0) is 66.6 Å². The number of aromatic nitrogens is 6. The van der Waals surface area contributed by atoms with Crippen molar-refractivity contribution in [3.63, 3.8) is 0 Å². The van der Waals surface area contributed by atoms with Crippen LogP contribution in [0, 0.1) is 6.92 Å². The molecule has 156 valence electrons. The molecule has 0 aliphatic heterocycles. The Balaban J connectivity index is 1.47. The molecule has 8 nitrogen and oxygen atoms in total. The molecular formula is C21H17Cl2N7O. The Morgan fingerprint density at radius 1 is 1.13 bits per heavy atom. The van der Waals surface area contributed by atoms with Crippen molar-refractivity contribution >= 4 is 34.8 Å². The molecular weight excluding hydrogens is 437 g/mol. The average Bonchev–Trinajstić information content (AvgIpc) is 3.34. The van der Waals surface area contributed by atoms with Gasteiger partial charge in [-0.2, -0.15) is 9.78 Å². The molecule has 31 heavy (non-hydrogen) atoms. The number of amides is 1. The van der Waals surface area contributed by atoms with Crippen LogP contribution in [0.15, 0.2) is 48.7 Å². The maximum Gasteiger partial charge on any atom is 0.259 e. The molecule has 0 saturated heterocycles. The van der Waals surface area contributed by atoms with E-state index in [1.54, 1.807) is 27.7 Å². The number of hydrogen-bond acceptors (Lipinski definition) is 5. The zero-order valence-corrected chi connectivity index (χ0v) is 18.0. The zero-order chi connectivity index (χ0) is 21.5. The van der Waals surface area contributed by atoms with Crippen LogP contribution in [0.2, 0.25) is 10.0 Å². The maximum atomic E-state index is 13.1. The lowest BCUT2D eigenvalue weighted by Gasteiger charge is -2.11. The summed E-state index contributed by atoms with van der Waals surface area (Å²) < 4.78 is 3.35. The van der Waals surface area contributed by atoms with Gasteiger partial charge in [0, 0.05) is 16.6 Å². The Kier molecular flexibility index (Phi) is 4.95. The highest BCUT2D eigenvalue weighted by Gasteiger charge is 2.33. The molecule has 4 aromatic rings. The Morgan fingerprint density at radius 2 is 1.97 bits per heavy atom. The lowest BCUT2D eigenvalue weighted by atomic mass is 10.1. The first-order valence-electron chi connectivity index (χ1n) is 9.71. The second-order valence-corrected chi connectivity index (χ2v) is 8.21. The lowest BCUT2D eigenvalue weighted by Crippen LogP contribution is -2.14. The van der Waals surface area contributed by atoms with Crippen LogP contribution in [-0.2, 0) is 0 Å². The second kappa shape index (κ2) is 7.79. The number of carbonyl (C=O) groups excluding carboxylic acids is 1. The second-order valence-electron chi connectivity index (χ2n) is 7.37. The molecule has 0 unspecified atom stereocenters. The predicted molar refractivity (Wildman–Crippen MR) is 117 cm³/mol. The highest BCUT2D eigenvalue weighted by molar-refractivity contribution is 6.35. The van der Waals surface area contributed by atoms with Crippen LogP contribution in [0.5, 0.6) is 0 Å². The first-order valence-corrected chi connectivity index (χ1v) is 10.5. The lowest BCUT2D eigenvalue weighted by molar-refractivity contribution is 0.102. The molecule has 2 aromatic heterocycles. The standard InChI is InChI=1S/C21H17Cl2N7O/c1-12-26-27-28-29(12)16-4-2-3-15(10-16)25-21(31)17-11-24-30(20(17)13-5-6-13)19-8-7-14(22)9-18(19)23/h2-4,7-11,13H,5-6H2,1H3,(H,25,31). The molecule has 2 aromatic carbocycles. The van der Waals surface area contributed by atoms with E-state index >= 15 is 0 Å². The van der Waals surface area contributed by atoms with Gasteiger partial charge in [0.15, 0.2) is 5.82 Å². The molecule has 1 saturated carbocycles. The van der Waals surface area contributed by atoms with Crippen molar-refractivity contribution in [3.8, 4) is 11.4 Å². The molecule has 5 rings (SSSR count). The van der Waals surface area contributed by atoms with Gasteiger partial charge in [-0.1, -0.05) is 29.3 Å². The van der Waals surface area contributed by atoms with Crippen LogP contribution in [0.1, 0.15) is 40.6 Å². The Hall–Kier alpha value is -3.23. The summed E-state index contributed by atoms with van der Waals surface area (Å²) in [7, 11) is 0. The molecule has 10 heteroatoms. The number of nitrogens with zero attached hydrogens (tertiary/aromatic N) is 6. The van der Waals surface area contributed by atoms with E-state index in [9.17, 15) is 4.79 Å². The van der Waals surface area contributed by atoms with Crippen LogP contribution in [0.3, 0.4) is 0 Å². The largest absolute Gasteiger partial charge is 0.322 e. The van der Waals surface area contributed by atoms with E-state index in [0.29, 0.717) is 32.8 Å². The van der Waals surface area contributed by atoms with Gasteiger partial charge in [0.05, 0.1) is 33.9 Å². The number of anilines is 1. The molecule has 1 aliphatic carbocycles. The number of aryl methyl sites for hydroxylation is 1. The highest BCUT2D eigenvalue weighted by Crippen LogP contribution is 2.43. The summed E-state index contributed by atoms with van der Waals surface area (Å²) in [4.78, 5) is 13.1. The summed E-state index contributed by atoms with van der Waals surface area (Å²) in [6, 6.07) is 12.6. The third-order valence-electron chi connectivity index (χ3n) is 5.13. The molecule has 1 fully saturated rings. The van der Waals surface area contributed by atoms with Crippen LogP contribution in [0.4, 0.5) is 5.69 Å². The maximum absolute atomic E-state index is 13.1. The summed E-state index contributed by atoms with van der Waals surface area (Å²) in [5, 5.41) is 20.0. The van der Waals surface area contributed by atoms with Crippen molar-refractivity contribution in [2.24, 2.45) is 0 Å². The van der Waals surface area contributed by atoms with Gasteiger partial charge in [-0.25, -0.2) is 4.68 Å². The van der Waals surface area contributed by atoms with Crippen molar-refractivity contribution in [2.75, 3.05) is 5.32 Å². The van der Waals surface area contributed by atoms with E-state index in [1.807, 2.05) is 37.3 Å². The number of nitrogens with one attached hydrogen (secondary N) is 1.